The van der Waals surface area contributed by atoms with Crippen LogP contribution in [0.15, 0.2) is 5.16 Å². The third kappa shape index (κ3) is 3.75. The number of carbonyl (C=O) groups is 1. The molecular formula is C14H23N3O2S. The van der Waals surface area contributed by atoms with Crippen LogP contribution in [-0.2, 0) is 4.79 Å². The lowest BCUT2D eigenvalue weighted by atomic mass is 9.97. The Balaban J connectivity index is 2.20. The molecule has 20 heavy (non-hydrogen) atoms. The molecule has 2 rings (SSSR count). The minimum atomic E-state index is -0.805. The normalized spacial score (nSPS) is 14.9. The number of carboxylic acids is 1. The molecule has 6 heteroatoms. The van der Waals surface area contributed by atoms with Crippen molar-refractivity contribution in [2.75, 3.05) is 5.75 Å². The molecule has 1 aliphatic carbocycles. The molecule has 1 aliphatic rings. The van der Waals surface area contributed by atoms with E-state index in [1.807, 2.05) is 0 Å². The van der Waals surface area contributed by atoms with Crippen LogP contribution in [0.1, 0.15) is 70.2 Å². The van der Waals surface area contributed by atoms with Crippen molar-refractivity contribution in [3.8, 4) is 0 Å². The number of hydrogen-bond acceptors (Lipinski definition) is 4. The highest BCUT2D eigenvalue weighted by molar-refractivity contribution is 7.99. The quantitative estimate of drug-likeness (QED) is 0.707. The van der Waals surface area contributed by atoms with Crippen molar-refractivity contribution in [1.82, 2.24) is 14.8 Å². The smallest absolute Gasteiger partial charge is 0.313 e. The molecule has 0 spiro atoms. The Bertz CT molecular complexity index is 451. The number of nitrogens with zero attached hydrogens (tertiary/aromatic N) is 3. The molecule has 0 aliphatic heterocycles. The van der Waals surface area contributed by atoms with Gasteiger partial charge in [0.05, 0.1) is 5.75 Å². The van der Waals surface area contributed by atoms with E-state index in [1.54, 1.807) is 0 Å². The van der Waals surface area contributed by atoms with Crippen LogP contribution in [0.25, 0.3) is 0 Å². The zero-order valence-electron chi connectivity index (χ0n) is 12.2. The fraction of sp³-hybridized carbons (Fsp3) is 0.786. The van der Waals surface area contributed by atoms with Gasteiger partial charge in [-0.1, -0.05) is 38.5 Å². The molecule has 1 saturated carbocycles. The first-order chi connectivity index (χ1) is 9.67. The van der Waals surface area contributed by atoms with E-state index >= 15 is 0 Å². The van der Waals surface area contributed by atoms with Crippen LogP contribution in [0, 0.1) is 0 Å². The van der Waals surface area contributed by atoms with E-state index in [2.05, 4.69) is 28.6 Å². The summed E-state index contributed by atoms with van der Waals surface area (Å²) in [6, 6.07) is 0.493. The van der Waals surface area contributed by atoms with Gasteiger partial charge in [0.25, 0.3) is 0 Å². The zero-order chi connectivity index (χ0) is 14.5. The van der Waals surface area contributed by atoms with Crippen molar-refractivity contribution < 1.29 is 9.90 Å². The predicted octanol–water partition coefficient (Wildman–Crippen LogP) is 3.47. The van der Waals surface area contributed by atoms with Gasteiger partial charge in [-0.2, -0.15) is 0 Å². The molecule has 1 N–H and O–H groups in total. The lowest BCUT2D eigenvalue weighted by Gasteiger charge is -2.16. The van der Waals surface area contributed by atoms with Gasteiger partial charge in [0.2, 0.25) is 0 Å². The summed E-state index contributed by atoms with van der Waals surface area (Å²) < 4.78 is 2.21. The van der Waals surface area contributed by atoms with E-state index in [4.69, 9.17) is 5.11 Å². The van der Waals surface area contributed by atoms with E-state index < -0.39 is 5.97 Å². The molecule has 1 aromatic heterocycles. The maximum atomic E-state index is 10.7. The summed E-state index contributed by atoms with van der Waals surface area (Å²) >= 11 is 1.29. The largest absolute Gasteiger partial charge is 0.481 e. The number of thioether (sulfide) groups is 1. The van der Waals surface area contributed by atoms with Gasteiger partial charge in [-0.3, -0.25) is 4.79 Å². The van der Waals surface area contributed by atoms with Gasteiger partial charge < -0.3 is 9.67 Å². The molecule has 0 unspecified atom stereocenters. The molecule has 1 fully saturated rings. The molecule has 5 nitrogen and oxygen atoms in total. The van der Waals surface area contributed by atoms with Crippen LogP contribution >= 0.6 is 11.8 Å². The van der Waals surface area contributed by atoms with E-state index in [-0.39, 0.29) is 5.75 Å². The molecule has 0 bridgehead atoms. The standard InChI is InChI=1S/C14H23N3O2S/c1-3-5-10(6-4-2)13-15-16-14(20-9-12(18)19)17(13)11-7-8-11/h10-11H,3-9H2,1-2H3,(H,18,19). The first kappa shape index (κ1) is 15.4. The van der Waals surface area contributed by atoms with Gasteiger partial charge in [0, 0.05) is 12.0 Å². The molecule has 112 valence electrons. The van der Waals surface area contributed by atoms with Crippen LogP contribution in [0.3, 0.4) is 0 Å². The molecule has 0 radical (unpaired) electrons. The van der Waals surface area contributed by atoms with Crippen LogP contribution in [0.5, 0.6) is 0 Å². The first-order valence-electron chi connectivity index (χ1n) is 7.46. The second kappa shape index (κ2) is 7.11. The van der Waals surface area contributed by atoms with Crippen molar-refractivity contribution in [3.05, 3.63) is 5.82 Å². The van der Waals surface area contributed by atoms with Crippen molar-refractivity contribution in [2.24, 2.45) is 0 Å². The van der Waals surface area contributed by atoms with E-state index in [1.165, 1.54) is 11.8 Å². The second-order valence-corrected chi connectivity index (χ2v) is 6.34. The van der Waals surface area contributed by atoms with E-state index in [0.717, 1.165) is 49.5 Å². The highest BCUT2D eigenvalue weighted by Crippen LogP contribution is 2.41. The summed E-state index contributed by atoms with van der Waals surface area (Å²) in [6.07, 6.45) is 6.86. The van der Waals surface area contributed by atoms with Gasteiger partial charge >= 0.3 is 5.97 Å². The van der Waals surface area contributed by atoms with E-state index in [0.29, 0.717) is 12.0 Å². The Morgan fingerprint density at radius 1 is 1.35 bits per heavy atom. The Morgan fingerprint density at radius 3 is 2.50 bits per heavy atom. The van der Waals surface area contributed by atoms with Gasteiger partial charge in [0.1, 0.15) is 5.82 Å². The summed E-state index contributed by atoms with van der Waals surface area (Å²) in [5, 5.41) is 18.2. The SMILES string of the molecule is CCCC(CCC)c1nnc(SCC(=O)O)n1C1CC1. The fourth-order valence-electron chi connectivity index (χ4n) is 2.57. The van der Waals surface area contributed by atoms with Crippen LogP contribution in [-0.4, -0.2) is 31.6 Å². The van der Waals surface area contributed by atoms with Crippen LogP contribution in [0.2, 0.25) is 0 Å². The maximum Gasteiger partial charge on any atom is 0.313 e. The number of aromatic nitrogens is 3. The lowest BCUT2D eigenvalue weighted by molar-refractivity contribution is -0.133. The van der Waals surface area contributed by atoms with Gasteiger partial charge in [-0.15, -0.1) is 10.2 Å². The van der Waals surface area contributed by atoms with Crippen LogP contribution in [0.4, 0.5) is 0 Å². The fourth-order valence-corrected chi connectivity index (χ4v) is 3.30. The van der Waals surface area contributed by atoms with E-state index in [9.17, 15) is 4.79 Å². The number of aliphatic carboxylic acids is 1. The summed E-state index contributed by atoms with van der Waals surface area (Å²) in [5.41, 5.74) is 0. The van der Waals surface area contributed by atoms with Crippen molar-refractivity contribution >= 4 is 17.7 Å². The first-order valence-corrected chi connectivity index (χ1v) is 8.45. The monoisotopic (exact) mass is 297 g/mol. The lowest BCUT2D eigenvalue weighted by Crippen LogP contribution is -2.10. The van der Waals surface area contributed by atoms with Crippen molar-refractivity contribution in [2.45, 2.75) is 69.5 Å². The van der Waals surface area contributed by atoms with Gasteiger partial charge in [-0.25, -0.2) is 0 Å². The average molecular weight is 297 g/mol. The summed E-state index contributed by atoms with van der Waals surface area (Å²) in [6.45, 7) is 4.39. The molecular weight excluding hydrogens is 274 g/mol. The molecule has 0 amide bonds. The molecule has 0 saturated heterocycles. The Morgan fingerprint density at radius 2 is 2.00 bits per heavy atom. The van der Waals surface area contributed by atoms with Gasteiger partial charge in [0.15, 0.2) is 5.16 Å². The van der Waals surface area contributed by atoms with Crippen LogP contribution < -0.4 is 0 Å². The highest BCUT2D eigenvalue weighted by atomic mass is 32.2. The maximum absolute atomic E-state index is 10.7. The molecule has 1 heterocycles. The third-order valence-corrected chi connectivity index (χ3v) is 4.49. The predicted molar refractivity (Wildman–Crippen MR) is 79.2 cm³/mol. The summed E-state index contributed by atoms with van der Waals surface area (Å²) in [4.78, 5) is 10.7. The minimum Gasteiger partial charge on any atom is -0.481 e. The summed E-state index contributed by atoms with van der Waals surface area (Å²) in [5.74, 6) is 0.777. The van der Waals surface area contributed by atoms with Crippen molar-refractivity contribution in [1.29, 1.82) is 0 Å². The highest BCUT2D eigenvalue weighted by Gasteiger charge is 2.32. The molecule has 0 atom stereocenters. The summed E-state index contributed by atoms with van der Waals surface area (Å²) in [7, 11) is 0. The Kier molecular flexibility index (Phi) is 5.46. The van der Waals surface area contributed by atoms with Crippen molar-refractivity contribution in [3.63, 3.8) is 0 Å². The minimum absolute atomic E-state index is 0.0527. The Hall–Kier alpha value is -1.04. The Labute approximate surface area is 124 Å². The number of rotatable bonds is 9. The van der Waals surface area contributed by atoms with Gasteiger partial charge in [-0.05, 0) is 25.7 Å². The molecule has 1 aromatic rings. The topological polar surface area (TPSA) is 68.0 Å². The average Bonchev–Trinajstić information content (AvgIpc) is 3.16. The number of carboxylic acid groups (broad SMARTS) is 1. The molecule has 0 aromatic carbocycles. The zero-order valence-corrected chi connectivity index (χ0v) is 13.0. The number of hydrogen-bond donors (Lipinski definition) is 1. The second-order valence-electron chi connectivity index (χ2n) is 5.40. The third-order valence-electron chi connectivity index (χ3n) is 3.57.